The third kappa shape index (κ3) is 3.23. The van der Waals surface area contributed by atoms with Crippen molar-refractivity contribution in [3.63, 3.8) is 0 Å². The van der Waals surface area contributed by atoms with Crippen LogP contribution in [-0.2, 0) is 0 Å². The van der Waals surface area contributed by atoms with E-state index >= 15 is 0 Å². The fraction of sp³-hybridized carbons (Fsp3) is 0. The lowest BCUT2D eigenvalue weighted by Gasteiger charge is -2.02. The van der Waals surface area contributed by atoms with Crippen molar-refractivity contribution in [2.45, 2.75) is 0 Å². The molecule has 0 aliphatic rings. The molecule has 4 aromatic rings. The van der Waals surface area contributed by atoms with E-state index in [-0.39, 0.29) is 0 Å². The van der Waals surface area contributed by atoms with E-state index in [1.54, 1.807) is 12.1 Å². The monoisotopic (exact) mass is 346 g/mol. The highest BCUT2D eigenvalue weighted by Gasteiger charge is 2.09. The van der Waals surface area contributed by atoms with Gasteiger partial charge in [-0.15, -0.1) is 0 Å². The van der Waals surface area contributed by atoms with Gasteiger partial charge in [0.15, 0.2) is 0 Å². The Balaban J connectivity index is 1.72. The normalized spacial score (nSPS) is 11.1. The van der Waals surface area contributed by atoms with Crippen molar-refractivity contribution in [1.29, 1.82) is 10.5 Å². The van der Waals surface area contributed by atoms with Gasteiger partial charge in [0, 0.05) is 5.56 Å². The summed E-state index contributed by atoms with van der Waals surface area (Å²) in [6.07, 6.45) is 1.72. The van der Waals surface area contributed by atoms with Crippen LogP contribution in [-0.4, -0.2) is 0 Å². The number of hydrogen-bond donors (Lipinski definition) is 0. The number of nitrogens with zero attached hydrogens (tertiary/aromatic N) is 2. The van der Waals surface area contributed by atoms with E-state index in [2.05, 4.69) is 12.1 Å². The van der Waals surface area contributed by atoms with Crippen molar-refractivity contribution in [3.05, 3.63) is 95.7 Å². The standard InChI is InChI=1S/C24H14N2O/c25-15-20-7-3-4-8-23(20)24-12-11-22(27-24)14-21(16-26)19-10-9-17-5-1-2-6-18(17)13-19/h1-14H/b21-14-. The lowest BCUT2D eigenvalue weighted by atomic mass is 10.0. The summed E-state index contributed by atoms with van der Waals surface area (Å²) in [5, 5.41) is 21.1. The first-order valence-electron chi connectivity index (χ1n) is 8.49. The van der Waals surface area contributed by atoms with Crippen molar-refractivity contribution in [2.24, 2.45) is 0 Å². The van der Waals surface area contributed by atoms with Crippen molar-refractivity contribution >= 4 is 22.4 Å². The van der Waals surface area contributed by atoms with E-state index in [1.165, 1.54) is 0 Å². The molecular formula is C24H14N2O. The van der Waals surface area contributed by atoms with Gasteiger partial charge in [-0.1, -0.05) is 48.5 Å². The molecule has 1 aromatic heterocycles. The summed E-state index contributed by atoms with van der Waals surface area (Å²) in [6, 6.07) is 29.3. The van der Waals surface area contributed by atoms with Crippen molar-refractivity contribution in [1.82, 2.24) is 0 Å². The van der Waals surface area contributed by atoms with Crippen LogP contribution in [0.25, 0.3) is 33.7 Å². The van der Waals surface area contributed by atoms with Crippen LogP contribution in [0.1, 0.15) is 16.9 Å². The van der Waals surface area contributed by atoms with Crippen LogP contribution in [0, 0.1) is 22.7 Å². The summed E-state index contributed by atoms with van der Waals surface area (Å²) in [7, 11) is 0. The molecule has 0 bridgehead atoms. The molecule has 0 radical (unpaired) electrons. The quantitative estimate of drug-likeness (QED) is 0.425. The SMILES string of the molecule is N#C/C(=C/c1ccc(-c2ccccc2C#N)o1)c1ccc2ccccc2c1. The molecule has 126 valence electrons. The maximum Gasteiger partial charge on any atom is 0.136 e. The zero-order valence-electron chi connectivity index (χ0n) is 14.4. The van der Waals surface area contributed by atoms with Crippen LogP contribution in [0.5, 0.6) is 0 Å². The van der Waals surface area contributed by atoms with Crippen LogP contribution in [0.2, 0.25) is 0 Å². The maximum absolute atomic E-state index is 9.62. The molecule has 0 spiro atoms. The fourth-order valence-corrected chi connectivity index (χ4v) is 3.05. The molecule has 3 aromatic carbocycles. The molecule has 0 atom stereocenters. The Bertz CT molecular complexity index is 1250. The number of nitriles is 2. The number of fused-ring (bicyclic) bond motifs is 1. The van der Waals surface area contributed by atoms with Crippen molar-refractivity contribution < 1.29 is 4.42 Å². The molecule has 0 aliphatic heterocycles. The summed E-state index contributed by atoms with van der Waals surface area (Å²) in [6.45, 7) is 0. The maximum atomic E-state index is 9.62. The first-order valence-corrected chi connectivity index (χ1v) is 8.49. The van der Waals surface area contributed by atoms with Crippen LogP contribution in [0.15, 0.2) is 83.3 Å². The van der Waals surface area contributed by atoms with Crippen molar-refractivity contribution in [3.8, 4) is 23.5 Å². The fourth-order valence-electron chi connectivity index (χ4n) is 3.05. The topological polar surface area (TPSA) is 60.7 Å². The Hall–Kier alpha value is -4.08. The number of furan rings is 1. The Labute approximate surface area is 157 Å². The van der Waals surface area contributed by atoms with Gasteiger partial charge in [-0.2, -0.15) is 10.5 Å². The molecule has 0 aliphatic carbocycles. The second-order valence-corrected chi connectivity index (χ2v) is 6.09. The summed E-state index contributed by atoms with van der Waals surface area (Å²) in [4.78, 5) is 0. The lowest BCUT2D eigenvalue weighted by Crippen LogP contribution is -1.83. The number of rotatable bonds is 3. The van der Waals surface area contributed by atoms with Gasteiger partial charge in [-0.3, -0.25) is 0 Å². The van der Waals surface area contributed by atoms with E-state index in [1.807, 2.05) is 72.8 Å². The first kappa shape index (κ1) is 16.4. The highest BCUT2D eigenvalue weighted by atomic mass is 16.3. The van der Waals surface area contributed by atoms with E-state index in [0.29, 0.717) is 22.7 Å². The summed E-state index contributed by atoms with van der Waals surface area (Å²) in [5.41, 5.74) is 2.66. The van der Waals surface area contributed by atoms with Crippen molar-refractivity contribution in [2.75, 3.05) is 0 Å². The minimum absolute atomic E-state index is 0.523. The van der Waals surface area contributed by atoms with Gasteiger partial charge >= 0.3 is 0 Å². The highest BCUT2D eigenvalue weighted by molar-refractivity contribution is 5.93. The zero-order chi connectivity index (χ0) is 18.6. The molecule has 0 N–H and O–H groups in total. The predicted molar refractivity (Wildman–Crippen MR) is 106 cm³/mol. The smallest absolute Gasteiger partial charge is 0.136 e. The second kappa shape index (κ2) is 7.04. The molecule has 0 fully saturated rings. The number of allylic oxidation sites excluding steroid dienone is 1. The molecule has 1 heterocycles. The predicted octanol–water partition coefficient (Wildman–Crippen LogP) is 6.04. The molecule has 0 saturated heterocycles. The summed E-state index contributed by atoms with van der Waals surface area (Å²) < 4.78 is 5.87. The lowest BCUT2D eigenvalue weighted by molar-refractivity contribution is 0.572. The molecule has 3 nitrogen and oxygen atoms in total. The molecule has 0 amide bonds. The minimum atomic E-state index is 0.523. The van der Waals surface area contributed by atoms with Gasteiger partial charge in [0.2, 0.25) is 0 Å². The van der Waals surface area contributed by atoms with E-state index in [9.17, 15) is 10.5 Å². The second-order valence-electron chi connectivity index (χ2n) is 6.09. The van der Waals surface area contributed by atoms with Crippen LogP contribution < -0.4 is 0 Å². The largest absolute Gasteiger partial charge is 0.457 e. The van der Waals surface area contributed by atoms with Gasteiger partial charge in [0.1, 0.15) is 11.5 Å². The Morgan fingerprint density at radius 3 is 2.41 bits per heavy atom. The highest BCUT2D eigenvalue weighted by Crippen LogP contribution is 2.28. The Morgan fingerprint density at radius 2 is 1.59 bits per heavy atom. The van der Waals surface area contributed by atoms with E-state index in [4.69, 9.17) is 4.42 Å². The molecule has 0 saturated carbocycles. The first-order chi connectivity index (χ1) is 13.3. The average molecular weight is 346 g/mol. The van der Waals surface area contributed by atoms with Gasteiger partial charge in [-0.25, -0.2) is 0 Å². The molecule has 27 heavy (non-hydrogen) atoms. The zero-order valence-corrected chi connectivity index (χ0v) is 14.4. The third-order valence-electron chi connectivity index (χ3n) is 4.41. The van der Waals surface area contributed by atoms with Crippen LogP contribution in [0.4, 0.5) is 0 Å². The molecular weight excluding hydrogens is 332 g/mol. The van der Waals surface area contributed by atoms with Gasteiger partial charge in [-0.05, 0) is 52.7 Å². The summed E-state index contributed by atoms with van der Waals surface area (Å²) >= 11 is 0. The summed E-state index contributed by atoms with van der Waals surface area (Å²) in [5.74, 6) is 1.18. The van der Waals surface area contributed by atoms with Gasteiger partial charge < -0.3 is 4.42 Å². The third-order valence-corrected chi connectivity index (χ3v) is 4.41. The van der Waals surface area contributed by atoms with E-state index in [0.717, 1.165) is 21.9 Å². The molecule has 4 rings (SSSR count). The molecule has 0 unspecified atom stereocenters. The Morgan fingerprint density at radius 1 is 0.815 bits per heavy atom. The molecule has 3 heteroatoms. The van der Waals surface area contributed by atoms with Gasteiger partial charge in [0.25, 0.3) is 0 Å². The average Bonchev–Trinajstić information content (AvgIpc) is 3.20. The van der Waals surface area contributed by atoms with Gasteiger partial charge in [0.05, 0.1) is 23.3 Å². The number of hydrogen-bond acceptors (Lipinski definition) is 3. The number of benzene rings is 3. The van der Waals surface area contributed by atoms with Crippen LogP contribution in [0.3, 0.4) is 0 Å². The van der Waals surface area contributed by atoms with E-state index < -0.39 is 0 Å². The Kier molecular flexibility index (Phi) is 4.27. The van der Waals surface area contributed by atoms with Crippen LogP contribution >= 0.6 is 0 Å². The minimum Gasteiger partial charge on any atom is -0.457 e.